The van der Waals surface area contributed by atoms with Crippen molar-refractivity contribution in [3.63, 3.8) is 0 Å². The van der Waals surface area contributed by atoms with Crippen molar-refractivity contribution in [2.75, 3.05) is 10.0 Å². The molecule has 1 amide bonds. The number of carbonyl (C=O) groups is 1. The zero-order valence-corrected chi connectivity index (χ0v) is 16.7. The number of imidazole rings is 1. The third kappa shape index (κ3) is 3.92. The minimum atomic E-state index is -3.71. The van der Waals surface area contributed by atoms with Crippen molar-refractivity contribution in [2.24, 2.45) is 5.92 Å². The van der Waals surface area contributed by atoms with Crippen LogP contribution in [-0.2, 0) is 27.7 Å². The lowest BCUT2D eigenvalue weighted by Crippen LogP contribution is -2.28. The van der Waals surface area contributed by atoms with Crippen molar-refractivity contribution in [3.05, 3.63) is 53.1 Å². The molecular formula is C18H19N5O3S2. The monoisotopic (exact) mass is 417 g/mol. The first-order valence-electron chi connectivity index (χ1n) is 8.78. The molecule has 1 aliphatic rings. The summed E-state index contributed by atoms with van der Waals surface area (Å²) in [5.41, 5.74) is 2.63. The Bertz CT molecular complexity index is 1090. The number of benzene rings is 1. The molecule has 4 rings (SSSR count). The second-order valence-electron chi connectivity index (χ2n) is 6.64. The van der Waals surface area contributed by atoms with Gasteiger partial charge in [0.15, 0.2) is 5.13 Å². The number of thiazole rings is 1. The van der Waals surface area contributed by atoms with Crippen LogP contribution >= 0.6 is 11.3 Å². The topological polar surface area (TPSA) is 117 Å². The van der Waals surface area contributed by atoms with Gasteiger partial charge in [-0.2, -0.15) is 0 Å². The van der Waals surface area contributed by atoms with Crippen molar-refractivity contribution in [2.45, 2.75) is 31.1 Å². The molecule has 0 bridgehead atoms. The third-order valence-electron chi connectivity index (χ3n) is 4.62. The molecular weight excluding hydrogens is 398 g/mol. The molecule has 1 aliphatic carbocycles. The van der Waals surface area contributed by atoms with E-state index in [1.54, 1.807) is 17.5 Å². The van der Waals surface area contributed by atoms with Crippen molar-refractivity contribution in [1.29, 1.82) is 0 Å². The number of nitrogens with zero attached hydrogens (tertiary/aromatic N) is 2. The maximum atomic E-state index is 12.6. The molecule has 2 aromatic heterocycles. The minimum Gasteiger partial charge on any atom is -0.346 e. The van der Waals surface area contributed by atoms with E-state index in [2.05, 4.69) is 25.0 Å². The molecule has 28 heavy (non-hydrogen) atoms. The van der Waals surface area contributed by atoms with E-state index < -0.39 is 10.0 Å². The molecule has 1 unspecified atom stereocenters. The van der Waals surface area contributed by atoms with E-state index in [1.807, 2.05) is 6.92 Å². The van der Waals surface area contributed by atoms with Gasteiger partial charge in [-0.05, 0) is 44.0 Å². The second-order valence-corrected chi connectivity index (χ2v) is 9.22. The Morgan fingerprint density at radius 1 is 1.29 bits per heavy atom. The normalized spacial score (nSPS) is 16.4. The number of rotatable bonds is 5. The lowest BCUT2D eigenvalue weighted by molar-refractivity contribution is -0.120. The predicted octanol–water partition coefficient (Wildman–Crippen LogP) is 2.72. The number of aromatic nitrogens is 3. The number of nitrogens with one attached hydrogen (secondary N) is 3. The first kappa shape index (κ1) is 18.6. The predicted molar refractivity (Wildman–Crippen MR) is 107 cm³/mol. The summed E-state index contributed by atoms with van der Waals surface area (Å²) < 4.78 is 27.1. The van der Waals surface area contributed by atoms with Gasteiger partial charge in [-0.1, -0.05) is 0 Å². The van der Waals surface area contributed by atoms with Gasteiger partial charge in [0.2, 0.25) is 5.91 Å². The van der Waals surface area contributed by atoms with Gasteiger partial charge in [-0.15, -0.1) is 11.3 Å². The van der Waals surface area contributed by atoms with Gasteiger partial charge < -0.3 is 10.3 Å². The minimum absolute atomic E-state index is 0.0746. The Morgan fingerprint density at radius 2 is 2.07 bits per heavy atom. The van der Waals surface area contributed by atoms with Crippen LogP contribution in [0.5, 0.6) is 0 Å². The van der Waals surface area contributed by atoms with Gasteiger partial charge in [0.05, 0.1) is 10.6 Å². The van der Waals surface area contributed by atoms with Crippen LogP contribution in [0.3, 0.4) is 0 Å². The van der Waals surface area contributed by atoms with Crippen LogP contribution in [0.2, 0.25) is 0 Å². The first-order chi connectivity index (χ1) is 13.4. The number of aryl methyl sites for hydroxylation is 2. The quantitative estimate of drug-likeness (QED) is 0.590. The first-order valence-corrected chi connectivity index (χ1v) is 11.1. The highest BCUT2D eigenvalue weighted by atomic mass is 32.2. The van der Waals surface area contributed by atoms with E-state index in [1.165, 1.54) is 29.7 Å². The summed E-state index contributed by atoms with van der Waals surface area (Å²) in [7, 11) is -3.71. The zero-order valence-electron chi connectivity index (χ0n) is 15.1. The van der Waals surface area contributed by atoms with Crippen molar-refractivity contribution in [1.82, 2.24) is 15.0 Å². The van der Waals surface area contributed by atoms with E-state index in [0.717, 1.165) is 30.1 Å². The average molecular weight is 418 g/mol. The molecule has 2 heterocycles. The lowest BCUT2D eigenvalue weighted by atomic mass is 9.89. The van der Waals surface area contributed by atoms with Gasteiger partial charge in [0.1, 0.15) is 5.82 Å². The Balaban J connectivity index is 1.41. The van der Waals surface area contributed by atoms with Crippen LogP contribution in [0.15, 0.2) is 40.7 Å². The molecule has 0 aliphatic heterocycles. The molecule has 10 heteroatoms. The fourth-order valence-corrected chi connectivity index (χ4v) is 5.05. The van der Waals surface area contributed by atoms with E-state index in [-0.39, 0.29) is 16.7 Å². The fourth-order valence-electron chi connectivity index (χ4n) is 3.26. The molecule has 146 valence electrons. The van der Waals surface area contributed by atoms with E-state index >= 15 is 0 Å². The Kier molecular flexibility index (Phi) is 4.90. The molecule has 1 atom stereocenters. The maximum absolute atomic E-state index is 12.6. The molecule has 3 N–H and O–H groups in total. The van der Waals surface area contributed by atoms with Crippen LogP contribution in [-0.4, -0.2) is 29.3 Å². The summed E-state index contributed by atoms with van der Waals surface area (Å²) in [6.07, 6.45) is 3.68. The highest BCUT2D eigenvalue weighted by Gasteiger charge is 2.27. The zero-order chi connectivity index (χ0) is 19.7. The number of aromatic amines is 1. The lowest BCUT2D eigenvalue weighted by Gasteiger charge is -2.20. The summed E-state index contributed by atoms with van der Waals surface area (Å²) in [6.45, 7) is 1.91. The Hall–Kier alpha value is -2.72. The smallest absolute Gasteiger partial charge is 0.263 e. The summed E-state index contributed by atoms with van der Waals surface area (Å²) in [4.78, 5) is 24.3. The number of anilines is 2. The number of hydrogen-bond acceptors (Lipinski definition) is 6. The number of sulfonamides is 1. The van der Waals surface area contributed by atoms with Crippen LogP contribution in [0.25, 0.3) is 0 Å². The third-order valence-corrected chi connectivity index (χ3v) is 6.79. The SMILES string of the molecule is Cc1nc2c([nH]1)CC(C(=O)Nc1ccc(S(=O)(=O)Nc3nccs3)cc1)CC2. The number of fused-ring (bicyclic) bond motifs is 1. The van der Waals surface area contributed by atoms with Gasteiger partial charge >= 0.3 is 0 Å². The van der Waals surface area contributed by atoms with Crippen molar-refractivity contribution in [3.8, 4) is 0 Å². The van der Waals surface area contributed by atoms with Crippen LogP contribution in [0.1, 0.15) is 23.6 Å². The summed E-state index contributed by atoms with van der Waals surface area (Å²) >= 11 is 1.20. The highest BCUT2D eigenvalue weighted by molar-refractivity contribution is 7.93. The molecule has 8 nitrogen and oxygen atoms in total. The molecule has 3 aromatic rings. The van der Waals surface area contributed by atoms with Gasteiger partial charge in [0.25, 0.3) is 10.0 Å². The van der Waals surface area contributed by atoms with Gasteiger partial charge in [-0.3, -0.25) is 9.52 Å². The molecule has 1 aromatic carbocycles. The summed E-state index contributed by atoms with van der Waals surface area (Å²) in [5, 5.41) is 4.87. The van der Waals surface area contributed by atoms with Crippen LogP contribution in [0, 0.1) is 12.8 Å². The maximum Gasteiger partial charge on any atom is 0.263 e. The van der Waals surface area contributed by atoms with Crippen molar-refractivity contribution >= 4 is 38.1 Å². The average Bonchev–Trinajstić information content (AvgIpc) is 3.29. The summed E-state index contributed by atoms with van der Waals surface area (Å²) in [5.74, 6) is 0.658. The number of hydrogen-bond donors (Lipinski definition) is 3. The molecule has 0 saturated carbocycles. The molecule has 0 spiro atoms. The number of amides is 1. The van der Waals surface area contributed by atoms with Crippen molar-refractivity contribution < 1.29 is 13.2 Å². The highest BCUT2D eigenvalue weighted by Crippen LogP contribution is 2.25. The second kappa shape index (κ2) is 7.36. The van der Waals surface area contributed by atoms with E-state index in [0.29, 0.717) is 17.2 Å². The summed E-state index contributed by atoms with van der Waals surface area (Å²) in [6, 6.07) is 6.09. The fraction of sp³-hybridized carbons (Fsp3) is 0.278. The van der Waals surface area contributed by atoms with Crippen LogP contribution < -0.4 is 10.0 Å². The van der Waals surface area contributed by atoms with Crippen LogP contribution in [0.4, 0.5) is 10.8 Å². The Morgan fingerprint density at radius 3 is 2.79 bits per heavy atom. The van der Waals surface area contributed by atoms with Gasteiger partial charge in [-0.25, -0.2) is 18.4 Å². The molecule has 0 saturated heterocycles. The van der Waals surface area contributed by atoms with E-state index in [9.17, 15) is 13.2 Å². The number of H-pyrrole nitrogens is 1. The van der Waals surface area contributed by atoms with Gasteiger partial charge in [0, 0.05) is 35.3 Å². The molecule has 0 fully saturated rings. The molecule has 0 radical (unpaired) electrons. The largest absolute Gasteiger partial charge is 0.346 e. The van der Waals surface area contributed by atoms with E-state index in [4.69, 9.17) is 0 Å². The standard InChI is InChI=1S/C18H19N5O3S2/c1-11-20-15-7-2-12(10-16(15)21-11)17(24)22-13-3-5-14(6-4-13)28(25,26)23-18-19-8-9-27-18/h3-6,8-9,12H,2,7,10H2,1H3,(H,19,23)(H,20,21)(H,22,24). The number of carbonyl (C=O) groups excluding carboxylic acids is 1. The Labute approximate surface area is 166 Å².